The Hall–Kier alpha value is -2.39. The van der Waals surface area contributed by atoms with Gasteiger partial charge in [-0.2, -0.15) is 0 Å². The maximum atomic E-state index is 12.6. The predicted molar refractivity (Wildman–Crippen MR) is 147 cm³/mol. The van der Waals surface area contributed by atoms with Gasteiger partial charge >= 0.3 is 11.9 Å². The summed E-state index contributed by atoms with van der Waals surface area (Å²) < 4.78 is 17.0. The van der Waals surface area contributed by atoms with Gasteiger partial charge in [0.1, 0.15) is 17.7 Å². The number of terminal acetylenes is 1. The Morgan fingerprint density at radius 1 is 0.951 bits per heavy atom. The van der Waals surface area contributed by atoms with E-state index in [4.69, 9.17) is 25.5 Å². The van der Waals surface area contributed by atoms with Gasteiger partial charge in [-0.25, -0.2) is 5.48 Å². The maximum absolute atomic E-state index is 12.6. The van der Waals surface area contributed by atoms with E-state index in [2.05, 4.69) is 11.6 Å². The van der Waals surface area contributed by atoms with Gasteiger partial charge in [0, 0.05) is 19.5 Å². The third-order valence-corrected chi connectivity index (χ3v) is 9.42. The van der Waals surface area contributed by atoms with Crippen molar-refractivity contribution in [2.24, 2.45) is 17.8 Å². The van der Waals surface area contributed by atoms with E-state index >= 15 is 0 Å². The zero-order valence-electron chi connectivity index (χ0n) is 24.0. The molecule has 4 aliphatic rings. The van der Waals surface area contributed by atoms with E-state index in [1.807, 2.05) is 0 Å². The van der Waals surface area contributed by atoms with Gasteiger partial charge in [-0.05, 0) is 63.7 Å². The van der Waals surface area contributed by atoms with Crippen molar-refractivity contribution in [1.29, 1.82) is 0 Å². The molecule has 1 amide bonds. The largest absolute Gasteiger partial charge is 0.481 e. The second kappa shape index (κ2) is 15.2. The Kier molecular flexibility index (Phi) is 11.7. The first kappa shape index (κ1) is 31.5. The zero-order chi connectivity index (χ0) is 29.2. The van der Waals surface area contributed by atoms with Gasteiger partial charge < -0.3 is 34.2 Å². The van der Waals surface area contributed by atoms with Crippen LogP contribution >= 0.6 is 0 Å². The molecule has 1 spiro atoms. The lowest BCUT2D eigenvalue weighted by molar-refractivity contribution is -0.150. The Labute approximate surface area is 242 Å². The molecule has 0 radical (unpaired) electrons. The minimum Gasteiger partial charge on any atom is -0.481 e. The highest BCUT2D eigenvalue weighted by Crippen LogP contribution is 2.51. The van der Waals surface area contributed by atoms with Crippen LogP contribution in [0.2, 0.25) is 0 Å². The van der Waals surface area contributed by atoms with E-state index in [9.17, 15) is 24.6 Å². The van der Waals surface area contributed by atoms with Crippen molar-refractivity contribution in [3.05, 3.63) is 0 Å². The first-order valence-electron chi connectivity index (χ1n) is 15.3. The molecule has 3 saturated carbocycles. The minimum absolute atomic E-state index is 0.0701. The van der Waals surface area contributed by atoms with Crippen LogP contribution in [-0.2, 0) is 33.4 Å². The summed E-state index contributed by atoms with van der Waals surface area (Å²) in [5, 5.41) is 19.5. The van der Waals surface area contributed by atoms with Crippen molar-refractivity contribution in [3.63, 3.8) is 0 Å². The van der Waals surface area contributed by atoms with E-state index in [1.165, 1.54) is 19.3 Å². The second-order valence-corrected chi connectivity index (χ2v) is 12.0. The average Bonchev–Trinajstić information content (AvgIpc) is 3.52. The Balaban J connectivity index is 1.08. The number of carboxylic acid groups (broad SMARTS) is 2. The Morgan fingerprint density at radius 3 is 2.41 bits per heavy atom. The summed E-state index contributed by atoms with van der Waals surface area (Å²) in [6.07, 6.45) is 17.9. The molecule has 4 rings (SSSR count). The lowest BCUT2D eigenvalue weighted by atomic mass is 9.76. The quantitative estimate of drug-likeness (QED) is 0.108. The van der Waals surface area contributed by atoms with Crippen LogP contribution in [-0.4, -0.2) is 89.7 Å². The minimum atomic E-state index is -0.995. The number of nitrogens with zero attached hydrogens (tertiary/aromatic N) is 1. The molecule has 0 aromatic heterocycles. The van der Waals surface area contributed by atoms with E-state index in [-0.39, 0.29) is 30.5 Å². The van der Waals surface area contributed by atoms with Crippen molar-refractivity contribution in [2.75, 3.05) is 32.9 Å². The van der Waals surface area contributed by atoms with E-state index in [0.717, 1.165) is 32.1 Å². The highest BCUT2D eigenvalue weighted by atomic mass is 16.6. The van der Waals surface area contributed by atoms with Crippen LogP contribution in [0.15, 0.2) is 0 Å². The second-order valence-electron chi connectivity index (χ2n) is 12.0. The number of unbranched alkanes of at least 4 members (excludes halogenated alkanes) is 1. The average molecular weight is 579 g/mol. The highest BCUT2D eigenvalue weighted by Gasteiger charge is 2.69. The summed E-state index contributed by atoms with van der Waals surface area (Å²) >= 11 is 0. The summed E-state index contributed by atoms with van der Waals surface area (Å²) in [6.45, 7) is 2.40. The van der Waals surface area contributed by atoms with Crippen molar-refractivity contribution in [3.8, 4) is 12.5 Å². The summed E-state index contributed by atoms with van der Waals surface area (Å²) in [6, 6.07) is 0. The number of rotatable bonds is 16. The summed E-state index contributed by atoms with van der Waals surface area (Å²) in [4.78, 5) is 43.7. The normalized spacial score (nSPS) is 32.0. The third kappa shape index (κ3) is 8.13. The first-order chi connectivity index (χ1) is 19.9. The van der Waals surface area contributed by atoms with Crippen LogP contribution in [0.3, 0.4) is 0 Å². The van der Waals surface area contributed by atoms with Gasteiger partial charge in [-0.1, -0.05) is 25.7 Å². The van der Waals surface area contributed by atoms with Crippen molar-refractivity contribution in [1.82, 2.24) is 10.4 Å². The molecule has 0 aromatic carbocycles. The summed E-state index contributed by atoms with van der Waals surface area (Å²) in [5.74, 6) is -3.34. The van der Waals surface area contributed by atoms with Gasteiger partial charge in [0.05, 0.1) is 43.9 Å². The molecule has 4 fully saturated rings. The van der Waals surface area contributed by atoms with Crippen molar-refractivity contribution >= 4 is 17.8 Å². The summed E-state index contributed by atoms with van der Waals surface area (Å²) in [5.41, 5.74) is 2.00. The molecule has 0 aromatic rings. The van der Waals surface area contributed by atoms with Crippen LogP contribution in [0.1, 0.15) is 83.5 Å². The molecular formula is C30H46N2O9. The van der Waals surface area contributed by atoms with E-state index in [0.29, 0.717) is 64.7 Å². The molecule has 3 aliphatic carbocycles. The monoisotopic (exact) mass is 578 g/mol. The molecule has 11 heteroatoms. The fraction of sp³-hybridized carbons (Fsp3) is 0.833. The lowest BCUT2D eigenvalue weighted by Crippen LogP contribution is -2.43. The fourth-order valence-electron chi connectivity index (χ4n) is 7.06. The smallest absolute Gasteiger partial charge is 0.309 e. The zero-order valence-corrected chi connectivity index (χ0v) is 24.0. The Morgan fingerprint density at radius 2 is 1.71 bits per heavy atom. The number of carbonyl (C=O) groups excluding carboxylic acids is 1. The van der Waals surface area contributed by atoms with E-state index in [1.54, 1.807) is 4.90 Å². The molecular weight excluding hydrogens is 532 g/mol. The number of hydrogen-bond donors (Lipinski definition) is 3. The molecule has 0 bridgehead atoms. The van der Waals surface area contributed by atoms with Crippen molar-refractivity contribution < 1.29 is 43.6 Å². The number of carboxylic acids is 2. The van der Waals surface area contributed by atoms with Gasteiger partial charge in [0.25, 0.3) is 0 Å². The molecule has 3 N–H and O–H groups in total. The molecule has 6 unspecified atom stereocenters. The molecule has 6 atom stereocenters. The molecule has 1 heterocycles. The first-order valence-corrected chi connectivity index (χ1v) is 15.3. The molecule has 1 aliphatic heterocycles. The topological polar surface area (TPSA) is 144 Å². The van der Waals surface area contributed by atoms with Crippen LogP contribution in [0.25, 0.3) is 0 Å². The number of aliphatic carboxylic acids is 2. The lowest BCUT2D eigenvalue weighted by Gasteiger charge is -2.33. The van der Waals surface area contributed by atoms with Crippen LogP contribution in [0.4, 0.5) is 0 Å². The number of hydroxylamine groups is 1. The molecule has 41 heavy (non-hydrogen) atoms. The fourth-order valence-corrected chi connectivity index (χ4v) is 7.06. The standard InChI is InChI=1S/C30H46N2O9/c1-2-38-24-12-13-30(26(19-24)28(35)36)29(37)32(30)15-7-6-14-31-41-20-21-10-11-23(18-25(21)27(33)34)40-17-16-39-22-8-4-3-5-9-22/h1,21-26,31H,3-20H2,(H,33,34)(H,35,36). The van der Waals surface area contributed by atoms with Gasteiger partial charge in [-0.3, -0.25) is 14.4 Å². The Bertz CT molecular complexity index is 933. The maximum Gasteiger partial charge on any atom is 0.309 e. The molecule has 230 valence electrons. The van der Waals surface area contributed by atoms with Crippen LogP contribution in [0.5, 0.6) is 0 Å². The number of amides is 1. The number of ether oxygens (including phenoxy) is 3. The highest BCUT2D eigenvalue weighted by molar-refractivity contribution is 6.06. The SMILES string of the molecule is C#COC1CCC2(C(=O)N2CCCCNOCC2CCC(OCCOC3CCCCC3)CC2C(=O)O)C(C(=O)O)C1. The predicted octanol–water partition coefficient (Wildman–Crippen LogP) is 2.96. The van der Waals surface area contributed by atoms with Crippen LogP contribution in [0, 0.1) is 30.3 Å². The molecule has 1 saturated heterocycles. The number of carbonyl (C=O) groups is 3. The van der Waals surface area contributed by atoms with Gasteiger partial charge in [0.2, 0.25) is 5.91 Å². The number of nitrogens with one attached hydrogen (secondary N) is 1. The number of hydrogen-bond acceptors (Lipinski definition) is 8. The van der Waals surface area contributed by atoms with E-state index < -0.39 is 29.3 Å². The summed E-state index contributed by atoms with van der Waals surface area (Å²) in [7, 11) is 0. The van der Waals surface area contributed by atoms with Gasteiger partial charge in [0.15, 0.2) is 0 Å². The van der Waals surface area contributed by atoms with Gasteiger partial charge in [-0.15, -0.1) is 0 Å². The van der Waals surface area contributed by atoms with Crippen molar-refractivity contribution in [2.45, 2.75) is 107 Å². The molecule has 11 nitrogen and oxygen atoms in total. The van der Waals surface area contributed by atoms with Crippen LogP contribution < -0.4 is 5.48 Å². The third-order valence-electron chi connectivity index (χ3n) is 9.42.